The summed E-state index contributed by atoms with van der Waals surface area (Å²) in [6.07, 6.45) is 3.47. The van der Waals surface area contributed by atoms with E-state index >= 15 is 0 Å². The number of aliphatic carboxylic acids is 1. The molecule has 5 heteroatoms. The Hall–Kier alpha value is -1.10. The molecule has 0 aromatic heterocycles. The van der Waals surface area contributed by atoms with Crippen LogP contribution >= 0.6 is 0 Å². The molecule has 0 spiro atoms. The fraction of sp³-hybridized carbons (Fsp3) is 0.778. The largest absolute Gasteiger partial charge is 0.479 e. The van der Waals surface area contributed by atoms with Gasteiger partial charge in [0.05, 0.1) is 0 Å². The molecule has 2 fully saturated rings. The van der Waals surface area contributed by atoms with Gasteiger partial charge in [-0.05, 0) is 24.7 Å². The quantitative estimate of drug-likeness (QED) is 0.632. The molecule has 2 unspecified atom stereocenters. The third-order valence-electron chi connectivity index (χ3n) is 3.08. The molecule has 14 heavy (non-hydrogen) atoms. The third-order valence-corrected chi connectivity index (χ3v) is 3.08. The molecule has 0 bridgehead atoms. The predicted octanol–water partition coefficient (Wildman–Crippen LogP) is 0.165. The van der Waals surface area contributed by atoms with Crippen LogP contribution in [-0.4, -0.2) is 23.6 Å². The molecule has 2 aliphatic rings. The van der Waals surface area contributed by atoms with Crippen molar-refractivity contribution in [1.29, 1.82) is 0 Å². The Labute approximate surface area is 81.4 Å². The van der Waals surface area contributed by atoms with Crippen molar-refractivity contribution in [2.24, 2.45) is 17.8 Å². The summed E-state index contributed by atoms with van der Waals surface area (Å²) in [4.78, 5) is 26.0. The molecule has 0 aromatic rings. The van der Waals surface area contributed by atoms with Crippen LogP contribution in [0.25, 0.3) is 0 Å². The van der Waals surface area contributed by atoms with E-state index in [-0.39, 0.29) is 11.8 Å². The summed E-state index contributed by atoms with van der Waals surface area (Å²) in [7, 11) is 0. The maximum atomic E-state index is 11.4. The van der Waals surface area contributed by atoms with Crippen LogP contribution in [0.1, 0.15) is 19.3 Å². The highest BCUT2D eigenvalue weighted by Crippen LogP contribution is 2.57. The molecular formula is C9H13NO4. The lowest BCUT2D eigenvalue weighted by Gasteiger charge is -2.04. The van der Waals surface area contributed by atoms with Gasteiger partial charge in [-0.3, -0.25) is 9.63 Å². The highest BCUT2D eigenvalue weighted by molar-refractivity contribution is 5.81. The van der Waals surface area contributed by atoms with Crippen molar-refractivity contribution in [2.75, 3.05) is 6.61 Å². The van der Waals surface area contributed by atoms with E-state index in [1.807, 2.05) is 0 Å². The van der Waals surface area contributed by atoms with E-state index in [1.165, 1.54) is 6.42 Å². The molecule has 0 heterocycles. The van der Waals surface area contributed by atoms with Crippen molar-refractivity contribution in [1.82, 2.24) is 5.48 Å². The zero-order valence-electron chi connectivity index (χ0n) is 7.73. The maximum Gasteiger partial charge on any atom is 0.332 e. The van der Waals surface area contributed by atoms with Gasteiger partial charge in [0, 0.05) is 5.92 Å². The summed E-state index contributed by atoms with van der Waals surface area (Å²) >= 11 is 0. The summed E-state index contributed by atoms with van der Waals surface area (Å²) in [5, 5.41) is 8.27. The number of carboxylic acid groups (broad SMARTS) is 1. The first kappa shape index (κ1) is 9.45. The number of hydroxylamine groups is 1. The smallest absolute Gasteiger partial charge is 0.332 e. The fourth-order valence-electron chi connectivity index (χ4n) is 2.45. The average Bonchev–Trinajstić information content (AvgIpc) is 2.60. The van der Waals surface area contributed by atoms with Crippen molar-refractivity contribution >= 4 is 11.9 Å². The predicted molar refractivity (Wildman–Crippen MR) is 46.1 cm³/mol. The normalized spacial score (nSPS) is 33.6. The van der Waals surface area contributed by atoms with E-state index in [0.29, 0.717) is 11.8 Å². The summed E-state index contributed by atoms with van der Waals surface area (Å²) in [5.74, 6) is -0.0911. The van der Waals surface area contributed by atoms with Crippen LogP contribution < -0.4 is 5.48 Å². The van der Waals surface area contributed by atoms with Crippen molar-refractivity contribution < 1.29 is 19.5 Å². The Kier molecular flexibility index (Phi) is 2.41. The van der Waals surface area contributed by atoms with E-state index in [2.05, 4.69) is 10.3 Å². The first-order valence-corrected chi connectivity index (χ1v) is 4.83. The van der Waals surface area contributed by atoms with Crippen molar-refractivity contribution in [2.45, 2.75) is 19.3 Å². The zero-order valence-corrected chi connectivity index (χ0v) is 7.73. The van der Waals surface area contributed by atoms with Crippen LogP contribution in [0.2, 0.25) is 0 Å². The van der Waals surface area contributed by atoms with E-state index in [4.69, 9.17) is 5.11 Å². The Morgan fingerprint density at radius 3 is 2.57 bits per heavy atom. The number of carbonyl (C=O) groups is 2. The standard InChI is InChI=1S/C9H13NO4/c11-7(12)4-14-10-9(13)8-5-2-1-3-6(5)8/h5-6,8H,1-4H2,(H,10,13)(H,11,12). The lowest BCUT2D eigenvalue weighted by molar-refractivity contribution is -0.149. The highest BCUT2D eigenvalue weighted by Gasteiger charge is 2.56. The number of carboxylic acids is 1. The zero-order chi connectivity index (χ0) is 10.1. The summed E-state index contributed by atoms with van der Waals surface area (Å²) in [6.45, 7) is -0.478. The Bertz CT molecular complexity index is 256. The van der Waals surface area contributed by atoms with Crippen LogP contribution in [0, 0.1) is 17.8 Å². The number of fused-ring (bicyclic) bond motifs is 1. The van der Waals surface area contributed by atoms with Crippen LogP contribution in [0.15, 0.2) is 0 Å². The van der Waals surface area contributed by atoms with Gasteiger partial charge >= 0.3 is 5.97 Å². The second kappa shape index (κ2) is 3.57. The van der Waals surface area contributed by atoms with Gasteiger partial charge in [-0.2, -0.15) is 0 Å². The molecule has 2 rings (SSSR count). The fourth-order valence-corrected chi connectivity index (χ4v) is 2.45. The minimum Gasteiger partial charge on any atom is -0.479 e. The van der Waals surface area contributed by atoms with Gasteiger partial charge in [-0.1, -0.05) is 6.42 Å². The van der Waals surface area contributed by atoms with Gasteiger partial charge in [0.2, 0.25) is 5.91 Å². The van der Waals surface area contributed by atoms with Crippen molar-refractivity contribution in [3.8, 4) is 0 Å². The van der Waals surface area contributed by atoms with E-state index in [0.717, 1.165) is 12.8 Å². The number of carbonyl (C=O) groups excluding carboxylic acids is 1. The summed E-state index contributed by atoms with van der Waals surface area (Å²) in [5.41, 5.74) is 2.18. The van der Waals surface area contributed by atoms with Crippen LogP contribution in [0.5, 0.6) is 0 Å². The number of hydrogen-bond donors (Lipinski definition) is 2. The lowest BCUT2D eigenvalue weighted by Crippen LogP contribution is -2.29. The van der Waals surface area contributed by atoms with Crippen LogP contribution in [0.3, 0.4) is 0 Å². The first-order chi connectivity index (χ1) is 6.70. The van der Waals surface area contributed by atoms with Gasteiger partial charge in [0.25, 0.3) is 0 Å². The molecule has 2 N–H and O–H groups in total. The topological polar surface area (TPSA) is 75.6 Å². The summed E-state index contributed by atoms with van der Waals surface area (Å²) in [6, 6.07) is 0. The first-order valence-electron chi connectivity index (χ1n) is 4.83. The van der Waals surface area contributed by atoms with Gasteiger partial charge < -0.3 is 5.11 Å². The van der Waals surface area contributed by atoms with E-state index in [9.17, 15) is 9.59 Å². The molecule has 2 aliphatic carbocycles. The molecule has 0 radical (unpaired) electrons. The van der Waals surface area contributed by atoms with E-state index < -0.39 is 12.6 Å². The molecule has 2 atom stereocenters. The van der Waals surface area contributed by atoms with Crippen LogP contribution in [0.4, 0.5) is 0 Å². The third kappa shape index (κ3) is 1.72. The SMILES string of the molecule is O=C(O)CONC(=O)C1C2CCCC21. The molecule has 5 nitrogen and oxygen atoms in total. The van der Waals surface area contributed by atoms with E-state index in [1.54, 1.807) is 0 Å². The molecular weight excluding hydrogens is 186 g/mol. The molecule has 78 valence electrons. The minimum absolute atomic E-state index is 0.0811. The van der Waals surface area contributed by atoms with Crippen LogP contribution in [-0.2, 0) is 14.4 Å². The van der Waals surface area contributed by atoms with Gasteiger partial charge in [0.15, 0.2) is 6.61 Å². The minimum atomic E-state index is -1.08. The molecule has 0 saturated heterocycles. The molecule has 0 aliphatic heterocycles. The Balaban J connectivity index is 1.68. The number of hydrogen-bond acceptors (Lipinski definition) is 3. The van der Waals surface area contributed by atoms with Gasteiger partial charge in [0.1, 0.15) is 0 Å². The van der Waals surface area contributed by atoms with Crippen molar-refractivity contribution in [3.05, 3.63) is 0 Å². The Morgan fingerprint density at radius 1 is 1.36 bits per heavy atom. The van der Waals surface area contributed by atoms with Gasteiger partial charge in [-0.15, -0.1) is 0 Å². The van der Waals surface area contributed by atoms with Crippen molar-refractivity contribution in [3.63, 3.8) is 0 Å². The highest BCUT2D eigenvalue weighted by atomic mass is 16.7. The number of amides is 1. The molecule has 2 saturated carbocycles. The average molecular weight is 199 g/mol. The van der Waals surface area contributed by atoms with Gasteiger partial charge in [-0.25, -0.2) is 10.3 Å². The molecule has 0 aromatic carbocycles. The summed E-state index contributed by atoms with van der Waals surface area (Å²) < 4.78 is 0. The number of nitrogens with one attached hydrogen (secondary N) is 1. The number of rotatable bonds is 4. The second-order valence-electron chi connectivity index (χ2n) is 3.93. The maximum absolute atomic E-state index is 11.4. The monoisotopic (exact) mass is 199 g/mol. The Morgan fingerprint density at radius 2 is 2.00 bits per heavy atom. The second-order valence-corrected chi connectivity index (χ2v) is 3.93. The molecule has 1 amide bonds. The lowest BCUT2D eigenvalue weighted by atomic mass is 10.1.